The van der Waals surface area contributed by atoms with Crippen molar-refractivity contribution in [3.63, 3.8) is 0 Å². The predicted octanol–water partition coefficient (Wildman–Crippen LogP) is 1.45. The van der Waals surface area contributed by atoms with E-state index in [1.807, 2.05) is 12.1 Å². The first-order chi connectivity index (χ1) is 18.8. The van der Waals surface area contributed by atoms with Gasteiger partial charge in [0, 0.05) is 25.4 Å². The Kier molecular flexibility index (Phi) is 12.6. The smallest absolute Gasteiger partial charge is 0.335 e. The Morgan fingerprint density at radius 3 is 2.27 bits per heavy atom. The molecule has 220 valence electrons. The molecule has 1 aromatic carbocycles. The molecule has 1 amide bonds. The van der Waals surface area contributed by atoms with E-state index in [2.05, 4.69) is 47.8 Å². The van der Waals surface area contributed by atoms with Crippen molar-refractivity contribution in [3.8, 4) is 5.88 Å². The van der Waals surface area contributed by atoms with Crippen molar-refractivity contribution in [2.75, 3.05) is 31.6 Å². The van der Waals surface area contributed by atoms with Gasteiger partial charge in [-0.1, -0.05) is 44.5 Å². The summed E-state index contributed by atoms with van der Waals surface area (Å²) in [6.07, 6.45) is -0.805. The first kappa shape index (κ1) is 32.8. The lowest BCUT2D eigenvalue weighted by molar-refractivity contribution is -0.165. The zero-order chi connectivity index (χ0) is 29.9. The van der Waals surface area contributed by atoms with E-state index in [-0.39, 0.29) is 17.9 Å². The minimum Gasteiger partial charge on any atom is -0.479 e. The van der Waals surface area contributed by atoms with Crippen LogP contribution in [0.2, 0.25) is 5.02 Å². The van der Waals surface area contributed by atoms with Gasteiger partial charge in [0.25, 0.3) is 5.91 Å². The number of aliphatic carboxylic acids is 2. The van der Waals surface area contributed by atoms with Crippen LogP contribution in [0, 0.1) is 5.41 Å². The highest BCUT2D eigenvalue weighted by molar-refractivity contribution is 6.33. The second-order valence-electron chi connectivity index (χ2n) is 10.4. The maximum absolute atomic E-state index is 11.9. The minimum atomic E-state index is -2.27. The molecule has 40 heavy (non-hydrogen) atoms. The average Bonchev–Trinajstić information content (AvgIpc) is 3.15. The fourth-order valence-corrected chi connectivity index (χ4v) is 3.79. The number of carboxylic acid groups (broad SMARTS) is 2. The molecule has 0 radical (unpaired) electrons. The number of benzene rings is 1. The van der Waals surface area contributed by atoms with E-state index in [0.717, 1.165) is 42.2 Å². The van der Waals surface area contributed by atoms with Crippen LogP contribution < -0.4 is 20.7 Å². The molecule has 2 heterocycles. The van der Waals surface area contributed by atoms with E-state index in [1.165, 1.54) is 11.1 Å². The number of amides is 1. The molecule has 0 saturated carbocycles. The van der Waals surface area contributed by atoms with Crippen LogP contribution in [0.1, 0.15) is 37.5 Å². The Balaban J connectivity index is 0.000000478. The molecule has 7 N–H and O–H groups in total. The quantitative estimate of drug-likeness (QED) is 0.215. The third-order valence-electron chi connectivity index (χ3n) is 5.72. The largest absolute Gasteiger partial charge is 0.479 e. The van der Waals surface area contributed by atoms with Crippen LogP contribution in [0.25, 0.3) is 0 Å². The number of ether oxygens (including phenoxy) is 1. The fraction of sp³-hybridized carbons (Fsp3) is 0.481. The maximum Gasteiger partial charge on any atom is 0.335 e. The molecular formula is C27H37ClN4O8. The summed E-state index contributed by atoms with van der Waals surface area (Å²) in [5, 5.41) is 43.0. The molecule has 0 spiro atoms. The summed E-state index contributed by atoms with van der Waals surface area (Å²) in [6.45, 7) is 9.34. The van der Waals surface area contributed by atoms with Crippen LogP contribution in [0.4, 0.5) is 5.69 Å². The van der Waals surface area contributed by atoms with E-state index < -0.39 is 24.1 Å². The van der Waals surface area contributed by atoms with Crippen molar-refractivity contribution in [3.05, 3.63) is 52.2 Å². The van der Waals surface area contributed by atoms with Crippen LogP contribution in [-0.2, 0) is 33.8 Å². The van der Waals surface area contributed by atoms with Crippen molar-refractivity contribution in [2.24, 2.45) is 5.41 Å². The summed E-state index contributed by atoms with van der Waals surface area (Å²) in [4.78, 5) is 35.7. The number of carbonyl (C=O) groups excluding carboxylic acids is 1. The van der Waals surface area contributed by atoms with E-state index >= 15 is 0 Å². The van der Waals surface area contributed by atoms with E-state index in [4.69, 9.17) is 36.8 Å². The predicted molar refractivity (Wildman–Crippen MR) is 149 cm³/mol. The Morgan fingerprint density at radius 1 is 1.05 bits per heavy atom. The monoisotopic (exact) mass is 580 g/mol. The van der Waals surface area contributed by atoms with Gasteiger partial charge in [-0.15, -0.1) is 0 Å². The summed E-state index contributed by atoms with van der Waals surface area (Å²) in [5.41, 5.74) is 4.70. The highest BCUT2D eigenvalue weighted by Crippen LogP contribution is 2.31. The second kappa shape index (κ2) is 15.4. The Morgan fingerprint density at radius 2 is 1.70 bits per heavy atom. The molecule has 2 unspecified atom stereocenters. The molecule has 0 fully saturated rings. The number of aliphatic hydroxyl groups excluding tert-OH is 2. The zero-order valence-electron chi connectivity index (χ0n) is 22.7. The number of nitrogens with one attached hydrogen (secondary N) is 3. The minimum absolute atomic E-state index is 0.0408. The SMILES string of the molecule is CC(C)(C)CNC(=O)COc1ccc(CNc2c(Cl)ccc3c2CCNCC3)cn1.O=C(O)C(O)C(O)C(=O)O. The van der Waals surface area contributed by atoms with Gasteiger partial charge < -0.3 is 41.1 Å². The first-order valence-corrected chi connectivity index (χ1v) is 13.1. The number of carboxylic acids is 2. The highest BCUT2D eigenvalue weighted by atomic mass is 35.5. The lowest BCUT2D eigenvalue weighted by Gasteiger charge is -2.18. The van der Waals surface area contributed by atoms with Crippen molar-refractivity contribution in [2.45, 2.75) is 52.4 Å². The summed E-state index contributed by atoms with van der Waals surface area (Å²) in [7, 11) is 0. The number of aromatic nitrogens is 1. The molecule has 1 aromatic heterocycles. The van der Waals surface area contributed by atoms with Crippen LogP contribution in [-0.4, -0.2) is 81.7 Å². The zero-order valence-corrected chi connectivity index (χ0v) is 23.5. The molecule has 1 aliphatic rings. The molecule has 13 heteroatoms. The van der Waals surface area contributed by atoms with Gasteiger partial charge in [-0.3, -0.25) is 4.79 Å². The molecule has 12 nitrogen and oxygen atoms in total. The number of nitrogens with zero attached hydrogens (tertiary/aromatic N) is 1. The summed E-state index contributed by atoms with van der Waals surface area (Å²) in [6, 6.07) is 7.82. The van der Waals surface area contributed by atoms with Crippen molar-refractivity contribution >= 4 is 35.1 Å². The molecular weight excluding hydrogens is 544 g/mol. The number of hydrogen-bond donors (Lipinski definition) is 7. The Bertz CT molecular complexity index is 1140. The first-order valence-electron chi connectivity index (χ1n) is 12.7. The number of pyridine rings is 1. The Labute approximate surface area is 237 Å². The lowest BCUT2D eigenvalue weighted by Crippen LogP contribution is -2.39. The molecule has 2 aromatic rings. The van der Waals surface area contributed by atoms with Crippen LogP contribution in [0.3, 0.4) is 0 Å². The molecule has 0 aliphatic carbocycles. The van der Waals surface area contributed by atoms with Crippen molar-refractivity contribution < 1.29 is 39.5 Å². The van der Waals surface area contributed by atoms with Gasteiger partial charge in [0.15, 0.2) is 18.8 Å². The van der Waals surface area contributed by atoms with E-state index in [1.54, 1.807) is 12.3 Å². The topological polar surface area (TPSA) is 190 Å². The van der Waals surface area contributed by atoms with Crippen LogP contribution >= 0.6 is 11.6 Å². The summed E-state index contributed by atoms with van der Waals surface area (Å²) in [5.74, 6) is -3.25. The number of carbonyl (C=O) groups is 3. The van der Waals surface area contributed by atoms with Crippen LogP contribution in [0.15, 0.2) is 30.5 Å². The van der Waals surface area contributed by atoms with Crippen LogP contribution in [0.5, 0.6) is 5.88 Å². The lowest BCUT2D eigenvalue weighted by atomic mass is 9.97. The number of aliphatic hydroxyl groups is 2. The Hall–Kier alpha value is -3.45. The van der Waals surface area contributed by atoms with Crippen molar-refractivity contribution in [1.82, 2.24) is 15.6 Å². The molecule has 2 atom stereocenters. The highest BCUT2D eigenvalue weighted by Gasteiger charge is 2.29. The maximum atomic E-state index is 11.9. The van der Waals surface area contributed by atoms with Gasteiger partial charge in [0.1, 0.15) is 0 Å². The molecule has 3 rings (SSSR count). The third-order valence-corrected chi connectivity index (χ3v) is 6.04. The van der Waals surface area contributed by atoms with E-state index in [9.17, 15) is 14.4 Å². The average molecular weight is 581 g/mol. The number of hydrogen-bond acceptors (Lipinski definition) is 9. The van der Waals surface area contributed by atoms with Gasteiger partial charge in [0.05, 0.1) is 10.7 Å². The number of fused-ring (bicyclic) bond motifs is 1. The standard InChI is InChI=1S/C23H31ClN4O2.C4H6O6/c1-23(2,3)15-28-20(29)14-30-21-7-4-16(12-26-21)13-27-22-18-9-11-25-10-8-17(18)5-6-19(22)24;5-1(3(7)8)2(6)4(9)10/h4-7,12,25,27H,8-11,13-15H2,1-3H3,(H,28,29);1-2,5-6H,(H,7,8)(H,9,10). The van der Waals surface area contributed by atoms with Gasteiger partial charge in [-0.25, -0.2) is 14.6 Å². The normalized spacial score (nSPS) is 14.3. The van der Waals surface area contributed by atoms with Gasteiger partial charge in [-0.2, -0.15) is 0 Å². The van der Waals surface area contributed by atoms with Gasteiger partial charge >= 0.3 is 11.9 Å². The number of rotatable bonds is 10. The number of halogens is 1. The van der Waals surface area contributed by atoms with Gasteiger partial charge in [-0.05, 0) is 54.1 Å². The fourth-order valence-electron chi connectivity index (χ4n) is 3.55. The summed E-state index contributed by atoms with van der Waals surface area (Å²) >= 11 is 6.47. The number of anilines is 1. The van der Waals surface area contributed by atoms with Gasteiger partial charge in [0.2, 0.25) is 5.88 Å². The van der Waals surface area contributed by atoms with E-state index in [0.29, 0.717) is 19.0 Å². The third kappa shape index (κ3) is 11.0. The molecule has 0 saturated heterocycles. The summed E-state index contributed by atoms with van der Waals surface area (Å²) < 4.78 is 5.49. The van der Waals surface area contributed by atoms with Crippen molar-refractivity contribution in [1.29, 1.82) is 0 Å². The second-order valence-corrected chi connectivity index (χ2v) is 10.8. The molecule has 0 bridgehead atoms. The molecule has 1 aliphatic heterocycles.